The Labute approximate surface area is 203 Å². The summed E-state index contributed by atoms with van der Waals surface area (Å²) in [4.78, 5) is 18.4. The van der Waals surface area contributed by atoms with Crippen LogP contribution in [0.3, 0.4) is 0 Å². The summed E-state index contributed by atoms with van der Waals surface area (Å²) in [6.07, 6.45) is 7.24. The number of rotatable bonds is 8. The van der Waals surface area contributed by atoms with Crippen LogP contribution in [0.25, 0.3) is 32.9 Å². The lowest BCUT2D eigenvalue weighted by Gasteiger charge is -2.12. The molecule has 172 valence electrons. The molecule has 0 aliphatic carbocycles. The van der Waals surface area contributed by atoms with Crippen molar-refractivity contribution >= 4 is 33.1 Å². The van der Waals surface area contributed by atoms with E-state index in [0.29, 0.717) is 5.82 Å². The molecular weight excluding hydrogens is 442 g/mol. The molecule has 1 aromatic carbocycles. The zero-order valence-electron chi connectivity index (χ0n) is 19.6. The fraction of sp³-hybridized carbons (Fsp3) is 0.222. The van der Waals surface area contributed by atoms with E-state index in [9.17, 15) is 0 Å². The summed E-state index contributed by atoms with van der Waals surface area (Å²) in [6, 6.07) is 16.9. The molecule has 1 N–H and O–H groups in total. The van der Waals surface area contributed by atoms with E-state index >= 15 is 0 Å². The summed E-state index contributed by atoms with van der Waals surface area (Å²) >= 11 is 1.69. The zero-order valence-corrected chi connectivity index (χ0v) is 20.4. The third-order valence-electron chi connectivity index (χ3n) is 5.74. The third-order valence-corrected chi connectivity index (χ3v) is 6.69. The fourth-order valence-corrected chi connectivity index (χ4v) is 4.74. The van der Waals surface area contributed by atoms with Gasteiger partial charge in [-0.1, -0.05) is 24.3 Å². The standard InChI is InChI=1S/C27H27N5OS/c1-18-15-23-26(30-25(31-27(23)34-18)21-12-14-33-17-21)28-13-4-5-19-6-8-20(9-7-19)24-11-10-22(16-29-24)32(2)3/h6-12,14-17H,4-5,13H2,1-3H3,(H,28,30,31). The molecule has 0 saturated carbocycles. The van der Waals surface area contributed by atoms with Gasteiger partial charge in [0.15, 0.2) is 5.82 Å². The van der Waals surface area contributed by atoms with Crippen molar-refractivity contribution in [3.63, 3.8) is 0 Å². The van der Waals surface area contributed by atoms with E-state index < -0.39 is 0 Å². The number of anilines is 2. The smallest absolute Gasteiger partial charge is 0.166 e. The fourth-order valence-electron chi connectivity index (χ4n) is 3.86. The zero-order chi connectivity index (χ0) is 23.5. The van der Waals surface area contributed by atoms with Crippen molar-refractivity contribution < 1.29 is 4.42 Å². The van der Waals surface area contributed by atoms with Gasteiger partial charge in [-0.2, -0.15) is 0 Å². The number of nitrogens with zero attached hydrogens (tertiary/aromatic N) is 4. The monoisotopic (exact) mass is 469 g/mol. The summed E-state index contributed by atoms with van der Waals surface area (Å²) < 4.78 is 5.22. The Balaban J connectivity index is 1.22. The molecule has 5 rings (SSSR count). The average Bonchev–Trinajstić information content (AvgIpc) is 3.51. The Morgan fingerprint density at radius 3 is 2.56 bits per heavy atom. The minimum absolute atomic E-state index is 0.688. The second-order valence-corrected chi connectivity index (χ2v) is 9.74. The van der Waals surface area contributed by atoms with Crippen molar-refractivity contribution in [1.82, 2.24) is 15.0 Å². The Morgan fingerprint density at radius 1 is 1.00 bits per heavy atom. The van der Waals surface area contributed by atoms with Crippen LogP contribution >= 0.6 is 11.3 Å². The van der Waals surface area contributed by atoms with Gasteiger partial charge in [0.25, 0.3) is 0 Å². The Kier molecular flexibility index (Phi) is 6.27. The largest absolute Gasteiger partial charge is 0.472 e. The van der Waals surface area contributed by atoms with Crippen LogP contribution in [0.2, 0.25) is 0 Å². The van der Waals surface area contributed by atoms with Crippen molar-refractivity contribution in [3.8, 4) is 22.6 Å². The molecule has 4 aromatic heterocycles. The second kappa shape index (κ2) is 9.65. The summed E-state index contributed by atoms with van der Waals surface area (Å²) in [5.74, 6) is 1.57. The highest BCUT2D eigenvalue weighted by Crippen LogP contribution is 2.31. The van der Waals surface area contributed by atoms with Crippen molar-refractivity contribution in [2.75, 3.05) is 30.9 Å². The molecule has 0 amide bonds. The van der Waals surface area contributed by atoms with Gasteiger partial charge in [-0.3, -0.25) is 4.98 Å². The highest BCUT2D eigenvalue weighted by molar-refractivity contribution is 7.18. The van der Waals surface area contributed by atoms with Gasteiger partial charge in [0, 0.05) is 31.1 Å². The van der Waals surface area contributed by atoms with Crippen molar-refractivity contribution in [2.45, 2.75) is 19.8 Å². The normalized spacial score (nSPS) is 11.1. The number of aryl methyl sites for hydroxylation is 2. The number of thiophene rings is 1. The third kappa shape index (κ3) is 4.79. The van der Waals surface area contributed by atoms with Crippen LogP contribution in [0.4, 0.5) is 11.5 Å². The van der Waals surface area contributed by atoms with Gasteiger partial charge >= 0.3 is 0 Å². The first-order valence-electron chi connectivity index (χ1n) is 11.3. The number of benzene rings is 1. The maximum atomic E-state index is 5.22. The summed E-state index contributed by atoms with van der Waals surface area (Å²) in [5, 5.41) is 4.61. The molecule has 0 saturated heterocycles. The van der Waals surface area contributed by atoms with E-state index in [1.807, 2.05) is 26.4 Å². The van der Waals surface area contributed by atoms with Crippen LogP contribution in [-0.4, -0.2) is 35.6 Å². The van der Waals surface area contributed by atoms with Gasteiger partial charge in [-0.05, 0) is 49.6 Å². The topological polar surface area (TPSA) is 67.1 Å². The molecule has 0 unspecified atom stereocenters. The molecule has 0 bridgehead atoms. The van der Waals surface area contributed by atoms with E-state index in [2.05, 4.69) is 64.6 Å². The van der Waals surface area contributed by atoms with Crippen LogP contribution in [0, 0.1) is 6.92 Å². The molecule has 0 aliphatic rings. The number of nitrogens with one attached hydrogen (secondary N) is 1. The van der Waals surface area contributed by atoms with E-state index in [1.165, 1.54) is 10.4 Å². The second-order valence-electron chi connectivity index (χ2n) is 8.51. The van der Waals surface area contributed by atoms with Crippen LogP contribution in [0.15, 0.2) is 71.7 Å². The molecule has 4 heterocycles. The molecule has 0 atom stereocenters. The number of fused-ring (bicyclic) bond motifs is 1. The minimum Gasteiger partial charge on any atom is -0.472 e. The maximum absolute atomic E-state index is 5.22. The van der Waals surface area contributed by atoms with E-state index in [1.54, 1.807) is 23.9 Å². The van der Waals surface area contributed by atoms with Crippen molar-refractivity contribution in [3.05, 3.63) is 77.7 Å². The number of aromatic nitrogens is 3. The van der Waals surface area contributed by atoms with E-state index in [0.717, 1.165) is 57.9 Å². The first kappa shape index (κ1) is 22.1. The molecular formula is C27H27N5OS. The number of hydrogen-bond donors (Lipinski definition) is 1. The molecule has 0 radical (unpaired) electrons. The number of pyridine rings is 1. The lowest BCUT2D eigenvalue weighted by atomic mass is 10.1. The van der Waals surface area contributed by atoms with E-state index in [4.69, 9.17) is 14.4 Å². The van der Waals surface area contributed by atoms with Gasteiger partial charge in [0.1, 0.15) is 16.9 Å². The molecule has 6 nitrogen and oxygen atoms in total. The highest BCUT2D eigenvalue weighted by atomic mass is 32.1. The highest BCUT2D eigenvalue weighted by Gasteiger charge is 2.12. The Hall–Kier alpha value is -3.71. The average molecular weight is 470 g/mol. The maximum Gasteiger partial charge on any atom is 0.166 e. The Morgan fingerprint density at radius 2 is 1.85 bits per heavy atom. The first-order valence-corrected chi connectivity index (χ1v) is 12.2. The van der Waals surface area contributed by atoms with Gasteiger partial charge in [-0.25, -0.2) is 9.97 Å². The van der Waals surface area contributed by atoms with Crippen molar-refractivity contribution in [2.24, 2.45) is 0 Å². The first-order chi connectivity index (χ1) is 16.6. The Bertz CT molecular complexity index is 1370. The summed E-state index contributed by atoms with van der Waals surface area (Å²) in [7, 11) is 4.04. The lowest BCUT2D eigenvalue weighted by Crippen LogP contribution is -2.08. The van der Waals surface area contributed by atoms with Crippen LogP contribution in [0.1, 0.15) is 16.9 Å². The predicted molar refractivity (Wildman–Crippen MR) is 141 cm³/mol. The van der Waals surface area contributed by atoms with Gasteiger partial charge in [0.05, 0.1) is 34.8 Å². The van der Waals surface area contributed by atoms with Gasteiger partial charge in [0.2, 0.25) is 0 Å². The van der Waals surface area contributed by atoms with Crippen LogP contribution < -0.4 is 10.2 Å². The van der Waals surface area contributed by atoms with E-state index in [-0.39, 0.29) is 0 Å². The molecule has 0 fully saturated rings. The van der Waals surface area contributed by atoms with Crippen molar-refractivity contribution in [1.29, 1.82) is 0 Å². The SMILES string of the molecule is Cc1cc2c(NCCCc3ccc(-c4ccc(N(C)C)cn4)cc3)nc(-c3ccoc3)nc2s1. The number of furan rings is 1. The molecule has 34 heavy (non-hydrogen) atoms. The molecule has 0 aliphatic heterocycles. The van der Waals surface area contributed by atoms with Gasteiger partial charge < -0.3 is 14.6 Å². The number of hydrogen-bond acceptors (Lipinski definition) is 7. The quantitative estimate of drug-likeness (QED) is 0.264. The molecule has 7 heteroatoms. The molecule has 0 spiro atoms. The van der Waals surface area contributed by atoms with Crippen LogP contribution in [0.5, 0.6) is 0 Å². The minimum atomic E-state index is 0.688. The molecule has 5 aromatic rings. The summed E-state index contributed by atoms with van der Waals surface area (Å²) in [5.41, 5.74) is 5.43. The lowest BCUT2D eigenvalue weighted by molar-refractivity contribution is 0.568. The van der Waals surface area contributed by atoms with Crippen LogP contribution in [-0.2, 0) is 6.42 Å². The van der Waals surface area contributed by atoms with Gasteiger partial charge in [-0.15, -0.1) is 11.3 Å². The predicted octanol–water partition coefficient (Wildman–Crippen LogP) is 6.43. The summed E-state index contributed by atoms with van der Waals surface area (Å²) in [6.45, 7) is 2.94.